The summed E-state index contributed by atoms with van der Waals surface area (Å²) in [4.78, 5) is 25.9. The van der Waals surface area contributed by atoms with Crippen LogP contribution in [-0.2, 0) is 22.1 Å². The topological polar surface area (TPSA) is 64.6 Å². The van der Waals surface area contributed by atoms with Gasteiger partial charge >= 0.3 is 12.1 Å². The molecule has 0 radical (unpaired) electrons. The normalized spacial score (nSPS) is 12.0. The fraction of sp³-hybridized carbons (Fsp3) is 0.161. The molecule has 0 aromatic heterocycles. The minimum absolute atomic E-state index is 0.00198. The Labute approximate surface area is 238 Å². The van der Waals surface area contributed by atoms with E-state index in [4.69, 9.17) is 21.1 Å². The highest BCUT2D eigenvalue weighted by Gasteiger charge is 2.30. The van der Waals surface area contributed by atoms with Crippen molar-refractivity contribution in [1.82, 2.24) is 5.32 Å². The molecule has 4 rings (SSSR count). The number of benzene rings is 4. The highest BCUT2D eigenvalue weighted by molar-refractivity contribution is 6.31. The fourth-order valence-electron chi connectivity index (χ4n) is 4.23. The largest absolute Gasteiger partial charge is 0.496 e. The van der Waals surface area contributed by atoms with Gasteiger partial charge in [0.2, 0.25) is 0 Å². The molecule has 0 spiro atoms. The Balaban J connectivity index is 1.55. The third-order valence-corrected chi connectivity index (χ3v) is 6.72. The Morgan fingerprint density at radius 3 is 1.95 bits per heavy atom. The Hall–Kier alpha value is -4.37. The van der Waals surface area contributed by atoms with Gasteiger partial charge < -0.3 is 14.8 Å². The summed E-state index contributed by atoms with van der Waals surface area (Å²) in [5.41, 5.74) is 2.44. The van der Waals surface area contributed by atoms with Crippen molar-refractivity contribution in [3.8, 4) is 28.0 Å². The Morgan fingerprint density at radius 1 is 0.829 bits per heavy atom. The van der Waals surface area contributed by atoms with E-state index >= 15 is 0 Å². The number of hydrogen-bond acceptors (Lipinski definition) is 4. The minimum atomic E-state index is -4.47. The highest BCUT2D eigenvalue weighted by atomic mass is 35.5. The third-order valence-electron chi connectivity index (χ3n) is 6.43. The van der Waals surface area contributed by atoms with Crippen molar-refractivity contribution in [2.24, 2.45) is 0 Å². The van der Waals surface area contributed by atoms with E-state index in [1.807, 2.05) is 0 Å². The average Bonchev–Trinajstić information content (AvgIpc) is 2.97. The molecule has 5 nitrogen and oxygen atoms in total. The summed E-state index contributed by atoms with van der Waals surface area (Å²) in [6.45, 7) is 0. The van der Waals surface area contributed by atoms with Crippen molar-refractivity contribution in [2.75, 3.05) is 14.2 Å². The highest BCUT2D eigenvalue weighted by Crippen LogP contribution is 2.32. The Bertz CT molecular complexity index is 1550. The maximum Gasteiger partial charge on any atom is 0.416 e. The van der Waals surface area contributed by atoms with Crippen molar-refractivity contribution >= 4 is 23.5 Å². The lowest BCUT2D eigenvalue weighted by molar-refractivity contribution is -0.143. The van der Waals surface area contributed by atoms with Gasteiger partial charge in [-0.25, -0.2) is 9.18 Å². The van der Waals surface area contributed by atoms with Gasteiger partial charge in [0.25, 0.3) is 5.91 Å². The molecule has 1 atom stereocenters. The van der Waals surface area contributed by atoms with Gasteiger partial charge in [-0.1, -0.05) is 60.1 Å². The van der Waals surface area contributed by atoms with Gasteiger partial charge in [0.05, 0.1) is 30.4 Å². The second kappa shape index (κ2) is 12.4. The van der Waals surface area contributed by atoms with Gasteiger partial charge in [-0.05, 0) is 64.2 Å². The van der Waals surface area contributed by atoms with Gasteiger partial charge in [-0.15, -0.1) is 0 Å². The molecule has 0 aliphatic heterocycles. The quantitative estimate of drug-likeness (QED) is 0.173. The number of hydrogen-bond donors (Lipinski definition) is 1. The number of nitrogens with one attached hydrogen (secondary N) is 1. The van der Waals surface area contributed by atoms with E-state index in [1.165, 1.54) is 50.6 Å². The van der Waals surface area contributed by atoms with E-state index in [9.17, 15) is 27.2 Å². The molecule has 0 bridgehead atoms. The van der Waals surface area contributed by atoms with Crippen molar-refractivity contribution < 1.29 is 36.6 Å². The van der Waals surface area contributed by atoms with Gasteiger partial charge in [0.1, 0.15) is 17.6 Å². The zero-order valence-electron chi connectivity index (χ0n) is 21.9. The molecule has 0 aliphatic rings. The maximum absolute atomic E-state index is 13.5. The van der Waals surface area contributed by atoms with E-state index in [-0.39, 0.29) is 22.8 Å². The predicted octanol–water partition coefficient (Wildman–Crippen LogP) is 7.35. The number of alkyl halides is 3. The third kappa shape index (κ3) is 7.05. The summed E-state index contributed by atoms with van der Waals surface area (Å²) in [5, 5.41) is 2.67. The van der Waals surface area contributed by atoms with Crippen molar-refractivity contribution in [3.05, 3.63) is 112 Å². The summed E-state index contributed by atoms with van der Waals surface area (Å²) >= 11 is 5.89. The average molecular weight is 586 g/mol. The van der Waals surface area contributed by atoms with Crippen LogP contribution in [0.25, 0.3) is 22.3 Å². The van der Waals surface area contributed by atoms with Crippen molar-refractivity contribution in [1.29, 1.82) is 0 Å². The number of ether oxygens (including phenoxy) is 2. The lowest BCUT2D eigenvalue weighted by Crippen LogP contribution is -2.43. The zero-order chi connectivity index (χ0) is 29.7. The van der Waals surface area contributed by atoms with Crippen LogP contribution in [0.15, 0.2) is 84.9 Å². The first-order valence-corrected chi connectivity index (χ1v) is 12.7. The molecule has 4 aromatic carbocycles. The molecule has 4 aromatic rings. The van der Waals surface area contributed by atoms with Crippen LogP contribution in [0.4, 0.5) is 17.6 Å². The molecule has 1 N–H and O–H groups in total. The number of rotatable bonds is 8. The monoisotopic (exact) mass is 585 g/mol. The first kappa shape index (κ1) is 29.6. The van der Waals surface area contributed by atoms with E-state index in [0.717, 1.165) is 17.7 Å². The lowest BCUT2D eigenvalue weighted by atomic mass is 9.99. The summed E-state index contributed by atoms with van der Waals surface area (Å²) < 4.78 is 62.6. The summed E-state index contributed by atoms with van der Waals surface area (Å²) in [6.07, 6.45) is -4.37. The number of esters is 1. The molecular weight excluding hydrogens is 562 g/mol. The Kier molecular flexibility index (Phi) is 8.98. The van der Waals surface area contributed by atoms with Gasteiger partial charge in [-0.3, -0.25) is 4.79 Å². The van der Waals surface area contributed by atoms with E-state index in [1.54, 1.807) is 36.4 Å². The summed E-state index contributed by atoms with van der Waals surface area (Å²) in [6, 6.07) is 19.6. The van der Waals surface area contributed by atoms with Gasteiger partial charge in [-0.2, -0.15) is 13.2 Å². The standard InChI is InChI=1S/C31H24ClF4NO4/c1-40-28-14-10-21(20-7-11-23(12-8-20)31(34,35)36)16-24(28)29(38)37-27(30(39)41-2)15-18-3-5-19(6-4-18)22-9-13-26(33)25(32)17-22/h3-14,16-17,27H,15H2,1-2H3,(H,37,38)/t27-/m0/s1. The predicted molar refractivity (Wildman–Crippen MR) is 147 cm³/mol. The molecule has 0 heterocycles. The molecule has 1 amide bonds. The second-order valence-corrected chi connectivity index (χ2v) is 9.48. The lowest BCUT2D eigenvalue weighted by Gasteiger charge is -2.18. The van der Waals surface area contributed by atoms with Gasteiger partial charge in [0, 0.05) is 6.42 Å². The smallest absolute Gasteiger partial charge is 0.416 e. The summed E-state index contributed by atoms with van der Waals surface area (Å²) in [7, 11) is 2.58. The summed E-state index contributed by atoms with van der Waals surface area (Å²) in [5.74, 6) is -1.62. The molecule has 0 saturated carbocycles. The molecule has 41 heavy (non-hydrogen) atoms. The number of carbonyl (C=O) groups is 2. The number of halogens is 5. The second-order valence-electron chi connectivity index (χ2n) is 9.07. The van der Waals surface area contributed by atoms with Crippen LogP contribution in [0.5, 0.6) is 5.75 Å². The SMILES string of the molecule is COC(=O)[C@H](Cc1ccc(-c2ccc(F)c(Cl)c2)cc1)NC(=O)c1cc(-c2ccc(C(F)(F)F)cc2)ccc1OC. The number of amides is 1. The molecule has 0 saturated heterocycles. The molecule has 0 aliphatic carbocycles. The molecule has 0 unspecified atom stereocenters. The molecule has 0 fully saturated rings. The molecule has 10 heteroatoms. The van der Waals surface area contributed by atoms with Crippen LogP contribution in [0.2, 0.25) is 5.02 Å². The van der Waals surface area contributed by atoms with Crippen LogP contribution in [-0.4, -0.2) is 32.1 Å². The molecule has 212 valence electrons. The first-order chi connectivity index (χ1) is 19.5. The van der Waals surface area contributed by atoms with E-state index in [0.29, 0.717) is 22.3 Å². The van der Waals surface area contributed by atoms with Crippen molar-refractivity contribution in [3.63, 3.8) is 0 Å². The maximum atomic E-state index is 13.5. The van der Waals surface area contributed by atoms with Gasteiger partial charge in [0.15, 0.2) is 0 Å². The minimum Gasteiger partial charge on any atom is -0.496 e. The Morgan fingerprint density at radius 2 is 1.39 bits per heavy atom. The van der Waals surface area contributed by atoms with Crippen LogP contribution in [0, 0.1) is 5.82 Å². The van der Waals surface area contributed by atoms with E-state index in [2.05, 4.69) is 5.32 Å². The van der Waals surface area contributed by atoms with Crippen LogP contribution in [0.3, 0.4) is 0 Å². The number of methoxy groups -OCH3 is 2. The van der Waals surface area contributed by atoms with Crippen LogP contribution in [0.1, 0.15) is 21.5 Å². The zero-order valence-corrected chi connectivity index (χ0v) is 22.6. The first-order valence-electron chi connectivity index (χ1n) is 12.3. The van der Waals surface area contributed by atoms with Crippen molar-refractivity contribution in [2.45, 2.75) is 18.6 Å². The fourth-order valence-corrected chi connectivity index (χ4v) is 4.41. The van der Waals surface area contributed by atoms with E-state index < -0.39 is 35.5 Å². The number of carbonyl (C=O) groups excluding carboxylic acids is 2. The van der Waals surface area contributed by atoms with Crippen LogP contribution < -0.4 is 10.1 Å². The van der Waals surface area contributed by atoms with Crippen LogP contribution >= 0.6 is 11.6 Å². The molecular formula is C31H24ClF4NO4.